The molecule has 0 saturated heterocycles. The van der Waals surface area contributed by atoms with Gasteiger partial charge >= 0.3 is 0 Å². The van der Waals surface area contributed by atoms with Crippen LogP contribution in [0.15, 0.2) is 42.6 Å². The van der Waals surface area contributed by atoms with Crippen molar-refractivity contribution in [2.45, 2.75) is 32.7 Å². The van der Waals surface area contributed by atoms with E-state index in [1.165, 1.54) is 5.56 Å². The van der Waals surface area contributed by atoms with Gasteiger partial charge in [-0.05, 0) is 23.1 Å². The molecule has 0 amide bonds. The number of anilines is 1. The lowest BCUT2D eigenvalue weighted by atomic mass is 9.86. The number of aromatic nitrogens is 1. The zero-order valence-electron chi connectivity index (χ0n) is 12.1. The van der Waals surface area contributed by atoms with Gasteiger partial charge < -0.3 is 5.32 Å². The Morgan fingerprint density at radius 2 is 1.90 bits per heavy atom. The predicted octanol–water partition coefficient (Wildman–Crippen LogP) is 3.86. The molecule has 102 valence electrons. The number of rotatable bonds is 3. The van der Waals surface area contributed by atoms with Crippen LogP contribution in [0.5, 0.6) is 0 Å². The van der Waals surface area contributed by atoms with E-state index in [9.17, 15) is 0 Å². The van der Waals surface area contributed by atoms with E-state index in [2.05, 4.69) is 55.3 Å². The molecule has 3 heteroatoms. The number of nitrogens with zero attached hydrogens (tertiary/aromatic N) is 2. The molecule has 2 aromatic rings. The van der Waals surface area contributed by atoms with Crippen molar-refractivity contribution < 1.29 is 0 Å². The van der Waals surface area contributed by atoms with Crippen molar-refractivity contribution >= 4 is 5.69 Å². The number of hydrogen-bond donors (Lipinski definition) is 1. The highest BCUT2D eigenvalue weighted by molar-refractivity contribution is 5.54. The van der Waals surface area contributed by atoms with Crippen LogP contribution in [0.3, 0.4) is 0 Å². The van der Waals surface area contributed by atoms with E-state index in [1.54, 1.807) is 6.20 Å². The number of pyridine rings is 1. The second-order valence-corrected chi connectivity index (χ2v) is 5.77. The van der Waals surface area contributed by atoms with E-state index in [-0.39, 0.29) is 5.41 Å². The quantitative estimate of drug-likeness (QED) is 0.916. The van der Waals surface area contributed by atoms with Crippen molar-refractivity contribution in [2.75, 3.05) is 5.32 Å². The van der Waals surface area contributed by atoms with Crippen molar-refractivity contribution in [3.05, 3.63) is 59.4 Å². The largest absolute Gasteiger partial charge is 0.381 e. The van der Waals surface area contributed by atoms with Gasteiger partial charge in [0.15, 0.2) is 0 Å². The van der Waals surface area contributed by atoms with E-state index in [0.29, 0.717) is 12.2 Å². The number of benzene rings is 1. The van der Waals surface area contributed by atoms with Crippen LogP contribution in [-0.2, 0) is 12.0 Å². The second kappa shape index (κ2) is 5.75. The molecule has 0 unspecified atom stereocenters. The van der Waals surface area contributed by atoms with Crippen LogP contribution in [0.4, 0.5) is 5.69 Å². The summed E-state index contributed by atoms with van der Waals surface area (Å²) in [6.07, 6.45) is 1.64. The fraction of sp³-hybridized carbons (Fsp3) is 0.294. The van der Waals surface area contributed by atoms with Crippen LogP contribution in [0, 0.1) is 11.3 Å². The lowest BCUT2D eigenvalue weighted by molar-refractivity contribution is 0.591. The molecule has 1 aromatic heterocycles. The van der Waals surface area contributed by atoms with Crippen LogP contribution in [-0.4, -0.2) is 4.98 Å². The maximum atomic E-state index is 9.06. The Hall–Kier alpha value is -2.34. The molecule has 0 fully saturated rings. The van der Waals surface area contributed by atoms with Gasteiger partial charge in [-0.15, -0.1) is 0 Å². The van der Waals surface area contributed by atoms with Crippen molar-refractivity contribution in [3.8, 4) is 6.07 Å². The zero-order valence-corrected chi connectivity index (χ0v) is 12.1. The van der Waals surface area contributed by atoms with Crippen LogP contribution in [0.2, 0.25) is 0 Å². The predicted molar refractivity (Wildman–Crippen MR) is 81.4 cm³/mol. The Labute approximate surface area is 120 Å². The van der Waals surface area contributed by atoms with E-state index in [4.69, 9.17) is 5.26 Å². The summed E-state index contributed by atoms with van der Waals surface area (Å²) in [7, 11) is 0. The molecule has 1 aromatic carbocycles. The molecule has 1 N–H and O–H groups in total. The minimum absolute atomic E-state index is 0.0800. The molecule has 0 aliphatic carbocycles. The summed E-state index contributed by atoms with van der Waals surface area (Å²) < 4.78 is 0. The van der Waals surface area contributed by atoms with Gasteiger partial charge in [0, 0.05) is 24.0 Å². The fourth-order valence-corrected chi connectivity index (χ4v) is 2.16. The van der Waals surface area contributed by atoms with Gasteiger partial charge in [-0.25, -0.2) is 4.98 Å². The fourth-order valence-electron chi connectivity index (χ4n) is 2.16. The van der Waals surface area contributed by atoms with Gasteiger partial charge in [0.05, 0.1) is 0 Å². The highest BCUT2D eigenvalue weighted by Gasteiger charge is 2.17. The average molecular weight is 265 g/mol. The van der Waals surface area contributed by atoms with Gasteiger partial charge in [-0.2, -0.15) is 5.26 Å². The smallest absolute Gasteiger partial charge is 0.145 e. The molecule has 0 atom stereocenters. The molecule has 0 aliphatic heterocycles. The Morgan fingerprint density at radius 1 is 1.15 bits per heavy atom. The van der Waals surface area contributed by atoms with Gasteiger partial charge in [0.25, 0.3) is 0 Å². The Bertz CT molecular complexity index is 633. The van der Waals surface area contributed by atoms with E-state index in [0.717, 1.165) is 11.3 Å². The zero-order chi connectivity index (χ0) is 14.6. The minimum atomic E-state index is 0.0800. The van der Waals surface area contributed by atoms with Crippen molar-refractivity contribution in [1.82, 2.24) is 4.98 Å². The summed E-state index contributed by atoms with van der Waals surface area (Å²) in [5.41, 5.74) is 3.85. The minimum Gasteiger partial charge on any atom is -0.381 e. The van der Waals surface area contributed by atoms with Crippen LogP contribution in [0.25, 0.3) is 0 Å². The lowest BCUT2D eigenvalue weighted by Gasteiger charge is -2.23. The lowest BCUT2D eigenvalue weighted by Crippen LogP contribution is -2.15. The summed E-state index contributed by atoms with van der Waals surface area (Å²) in [5.74, 6) is 0. The number of nitrogens with one attached hydrogen (secondary N) is 1. The monoisotopic (exact) mass is 265 g/mol. The molecular weight excluding hydrogens is 246 g/mol. The SMILES string of the molecule is CC(C)(C)c1ccccc1NCc1cccnc1C#N. The molecule has 0 aliphatic rings. The Balaban J connectivity index is 2.22. The Morgan fingerprint density at radius 3 is 2.60 bits per heavy atom. The molecule has 1 heterocycles. The maximum absolute atomic E-state index is 9.06. The van der Waals surface area contributed by atoms with E-state index >= 15 is 0 Å². The summed E-state index contributed by atoms with van der Waals surface area (Å²) in [6, 6.07) is 14.2. The Kier molecular flexibility index (Phi) is 4.05. The van der Waals surface area contributed by atoms with E-state index in [1.807, 2.05) is 18.2 Å². The molecule has 3 nitrogen and oxygen atoms in total. The summed E-state index contributed by atoms with van der Waals surface area (Å²) >= 11 is 0. The van der Waals surface area contributed by atoms with Gasteiger partial charge in [-0.3, -0.25) is 0 Å². The topological polar surface area (TPSA) is 48.7 Å². The normalized spacial score (nSPS) is 10.9. The first kappa shape index (κ1) is 14.1. The van der Waals surface area contributed by atoms with Gasteiger partial charge in [0.2, 0.25) is 0 Å². The standard InChI is InChI=1S/C17H19N3/c1-17(2,3)14-8-4-5-9-15(14)20-12-13-7-6-10-19-16(13)11-18/h4-10,20H,12H2,1-3H3. The first-order valence-electron chi connectivity index (χ1n) is 6.70. The average Bonchev–Trinajstić information content (AvgIpc) is 2.44. The van der Waals surface area contributed by atoms with Gasteiger partial charge in [0.1, 0.15) is 11.8 Å². The maximum Gasteiger partial charge on any atom is 0.145 e. The molecule has 0 bridgehead atoms. The molecular formula is C17H19N3. The number of para-hydroxylation sites is 1. The van der Waals surface area contributed by atoms with Crippen molar-refractivity contribution in [1.29, 1.82) is 5.26 Å². The highest BCUT2D eigenvalue weighted by atomic mass is 14.9. The molecule has 0 spiro atoms. The second-order valence-electron chi connectivity index (χ2n) is 5.77. The van der Waals surface area contributed by atoms with E-state index < -0.39 is 0 Å². The summed E-state index contributed by atoms with van der Waals surface area (Å²) in [5, 5.41) is 12.5. The van der Waals surface area contributed by atoms with Crippen molar-refractivity contribution in [3.63, 3.8) is 0 Å². The molecule has 2 rings (SSSR count). The highest BCUT2D eigenvalue weighted by Crippen LogP contribution is 2.29. The third-order valence-corrected chi connectivity index (χ3v) is 3.20. The molecule has 20 heavy (non-hydrogen) atoms. The van der Waals surface area contributed by atoms with Crippen LogP contribution in [0.1, 0.15) is 37.6 Å². The third kappa shape index (κ3) is 3.16. The molecule has 0 saturated carbocycles. The summed E-state index contributed by atoms with van der Waals surface area (Å²) in [6.45, 7) is 7.18. The third-order valence-electron chi connectivity index (χ3n) is 3.20. The van der Waals surface area contributed by atoms with Crippen LogP contribution < -0.4 is 5.32 Å². The van der Waals surface area contributed by atoms with Crippen molar-refractivity contribution in [2.24, 2.45) is 0 Å². The van der Waals surface area contributed by atoms with Crippen LogP contribution >= 0.6 is 0 Å². The first-order valence-corrected chi connectivity index (χ1v) is 6.70. The molecule has 0 radical (unpaired) electrons. The summed E-state index contributed by atoms with van der Waals surface area (Å²) in [4.78, 5) is 4.08. The number of hydrogen-bond acceptors (Lipinski definition) is 3. The van der Waals surface area contributed by atoms with Gasteiger partial charge in [-0.1, -0.05) is 45.0 Å². The number of nitriles is 1. The first-order chi connectivity index (χ1) is 9.52.